The molecular formula is C13H20ClNOS. The first kappa shape index (κ1) is 14.5. The Morgan fingerprint density at radius 3 is 2.71 bits per heavy atom. The van der Waals surface area contributed by atoms with Gasteiger partial charge in [0.05, 0.1) is 0 Å². The molecule has 0 aliphatic rings. The SMILES string of the molecule is CC(C)CCNc1ccc(Cl)c(C[S@@](C)=O)c1. The molecule has 0 saturated heterocycles. The van der Waals surface area contributed by atoms with Gasteiger partial charge < -0.3 is 5.32 Å². The summed E-state index contributed by atoms with van der Waals surface area (Å²) in [6, 6.07) is 5.82. The summed E-state index contributed by atoms with van der Waals surface area (Å²) in [4.78, 5) is 0. The first-order chi connectivity index (χ1) is 7.99. The second kappa shape index (κ2) is 7.02. The molecule has 0 fully saturated rings. The van der Waals surface area contributed by atoms with Gasteiger partial charge in [-0.3, -0.25) is 4.21 Å². The number of rotatable bonds is 6. The third kappa shape index (κ3) is 5.55. The second-order valence-electron chi connectivity index (χ2n) is 4.63. The molecule has 0 bridgehead atoms. The van der Waals surface area contributed by atoms with Crippen LogP contribution in [-0.4, -0.2) is 17.0 Å². The second-order valence-corrected chi connectivity index (χ2v) is 6.48. The highest BCUT2D eigenvalue weighted by molar-refractivity contribution is 7.83. The fourth-order valence-corrected chi connectivity index (χ4v) is 2.46. The van der Waals surface area contributed by atoms with Crippen LogP contribution in [0.2, 0.25) is 5.02 Å². The third-order valence-corrected chi connectivity index (χ3v) is 3.54. The van der Waals surface area contributed by atoms with Gasteiger partial charge >= 0.3 is 0 Å². The average molecular weight is 274 g/mol. The molecule has 1 aromatic rings. The van der Waals surface area contributed by atoms with E-state index in [4.69, 9.17) is 11.6 Å². The highest BCUT2D eigenvalue weighted by atomic mass is 35.5. The van der Waals surface area contributed by atoms with Crippen LogP contribution in [0.4, 0.5) is 5.69 Å². The van der Waals surface area contributed by atoms with Crippen molar-refractivity contribution in [3.05, 3.63) is 28.8 Å². The Hall–Kier alpha value is -0.540. The Kier molecular flexibility index (Phi) is 6.00. The van der Waals surface area contributed by atoms with Crippen molar-refractivity contribution in [1.82, 2.24) is 0 Å². The lowest BCUT2D eigenvalue weighted by atomic mass is 10.1. The van der Waals surface area contributed by atoms with Gasteiger partial charge in [0, 0.05) is 40.1 Å². The maximum Gasteiger partial charge on any atom is 0.0498 e. The Morgan fingerprint density at radius 2 is 2.12 bits per heavy atom. The van der Waals surface area contributed by atoms with E-state index in [0.717, 1.165) is 24.2 Å². The minimum Gasteiger partial charge on any atom is -0.385 e. The summed E-state index contributed by atoms with van der Waals surface area (Å²) in [5.41, 5.74) is 2.00. The van der Waals surface area contributed by atoms with E-state index in [9.17, 15) is 4.21 Å². The zero-order chi connectivity index (χ0) is 12.8. The van der Waals surface area contributed by atoms with E-state index < -0.39 is 10.8 Å². The van der Waals surface area contributed by atoms with Crippen LogP contribution >= 0.6 is 11.6 Å². The maximum absolute atomic E-state index is 11.2. The molecule has 0 aromatic heterocycles. The molecule has 2 nitrogen and oxygen atoms in total. The van der Waals surface area contributed by atoms with Crippen LogP contribution in [0, 0.1) is 5.92 Å². The molecule has 96 valence electrons. The minimum atomic E-state index is -0.860. The molecule has 0 spiro atoms. The molecule has 0 amide bonds. The number of hydrogen-bond acceptors (Lipinski definition) is 2. The average Bonchev–Trinajstić information content (AvgIpc) is 2.21. The number of benzene rings is 1. The predicted octanol–water partition coefficient (Wildman–Crippen LogP) is 3.68. The van der Waals surface area contributed by atoms with Crippen LogP contribution in [0.15, 0.2) is 18.2 Å². The molecule has 1 rings (SSSR count). The number of nitrogens with one attached hydrogen (secondary N) is 1. The Morgan fingerprint density at radius 1 is 1.41 bits per heavy atom. The molecule has 4 heteroatoms. The van der Waals surface area contributed by atoms with Crippen LogP contribution in [0.3, 0.4) is 0 Å². The fraction of sp³-hybridized carbons (Fsp3) is 0.538. The summed E-state index contributed by atoms with van der Waals surface area (Å²) in [7, 11) is -0.860. The van der Waals surface area contributed by atoms with Crippen LogP contribution in [0.25, 0.3) is 0 Å². The summed E-state index contributed by atoms with van der Waals surface area (Å²) in [6.45, 7) is 5.36. The van der Waals surface area contributed by atoms with E-state index in [2.05, 4.69) is 19.2 Å². The van der Waals surface area contributed by atoms with Crippen molar-refractivity contribution in [3.8, 4) is 0 Å². The summed E-state index contributed by atoms with van der Waals surface area (Å²) < 4.78 is 11.2. The van der Waals surface area contributed by atoms with Gasteiger partial charge in [0.1, 0.15) is 0 Å². The van der Waals surface area contributed by atoms with Gasteiger partial charge in [-0.15, -0.1) is 0 Å². The third-order valence-electron chi connectivity index (χ3n) is 2.46. The fourth-order valence-electron chi connectivity index (χ4n) is 1.52. The van der Waals surface area contributed by atoms with Crippen molar-refractivity contribution >= 4 is 28.1 Å². The number of hydrogen-bond donors (Lipinski definition) is 1. The molecule has 1 atom stereocenters. The molecule has 1 N–H and O–H groups in total. The lowest BCUT2D eigenvalue weighted by Gasteiger charge is -2.10. The Balaban J connectivity index is 2.64. The highest BCUT2D eigenvalue weighted by Crippen LogP contribution is 2.22. The molecule has 17 heavy (non-hydrogen) atoms. The smallest absolute Gasteiger partial charge is 0.0498 e. The molecule has 0 heterocycles. The topological polar surface area (TPSA) is 29.1 Å². The van der Waals surface area contributed by atoms with E-state index in [0.29, 0.717) is 16.7 Å². The highest BCUT2D eigenvalue weighted by Gasteiger charge is 2.04. The maximum atomic E-state index is 11.2. The lowest BCUT2D eigenvalue weighted by molar-refractivity contribution is 0.607. The van der Waals surface area contributed by atoms with Crippen molar-refractivity contribution in [2.45, 2.75) is 26.0 Å². The van der Waals surface area contributed by atoms with Crippen LogP contribution in [0.1, 0.15) is 25.8 Å². The summed E-state index contributed by atoms with van der Waals surface area (Å²) >= 11 is 6.06. The molecule has 1 aromatic carbocycles. The summed E-state index contributed by atoms with van der Waals surface area (Å²) in [5.74, 6) is 1.20. The van der Waals surface area contributed by atoms with E-state index >= 15 is 0 Å². The minimum absolute atomic E-state index is 0.512. The zero-order valence-corrected chi connectivity index (χ0v) is 12.2. The van der Waals surface area contributed by atoms with E-state index in [1.165, 1.54) is 0 Å². The van der Waals surface area contributed by atoms with E-state index in [-0.39, 0.29) is 0 Å². The van der Waals surface area contributed by atoms with Gasteiger partial charge in [-0.1, -0.05) is 25.4 Å². The van der Waals surface area contributed by atoms with Crippen molar-refractivity contribution in [2.75, 3.05) is 18.1 Å². The summed E-state index contributed by atoms with van der Waals surface area (Å²) in [5, 5.41) is 4.05. The Bertz CT molecular complexity index is 393. The first-order valence-corrected chi connectivity index (χ1v) is 7.92. The molecule has 0 radical (unpaired) electrons. The molecule has 0 aliphatic carbocycles. The first-order valence-electron chi connectivity index (χ1n) is 5.81. The van der Waals surface area contributed by atoms with Gasteiger partial charge in [-0.25, -0.2) is 0 Å². The van der Waals surface area contributed by atoms with Crippen LogP contribution in [0.5, 0.6) is 0 Å². The van der Waals surface area contributed by atoms with Crippen LogP contribution in [-0.2, 0) is 16.6 Å². The summed E-state index contributed by atoms with van der Waals surface area (Å²) in [6.07, 6.45) is 2.83. The predicted molar refractivity (Wildman–Crippen MR) is 77.2 cm³/mol. The number of halogens is 1. The standard InChI is InChI=1S/C13H20ClNOS/c1-10(2)6-7-15-12-4-5-13(14)11(8-12)9-17(3)16/h4-5,8,10,15H,6-7,9H2,1-3H3/t17-/m1/s1. The Labute approximate surface area is 111 Å². The zero-order valence-electron chi connectivity index (χ0n) is 10.6. The largest absolute Gasteiger partial charge is 0.385 e. The number of anilines is 1. The van der Waals surface area contributed by atoms with Crippen molar-refractivity contribution in [3.63, 3.8) is 0 Å². The van der Waals surface area contributed by atoms with E-state index in [1.807, 2.05) is 18.2 Å². The van der Waals surface area contributed by atoms with Gasteiger partial charge in [0.15, 0.2) is 0 Å². The molecule has 0 saturated carbocycles. The van der Waals surface area contributed by atoms with Gasteiger partial charge in [0.25, 0.3) is 0 Å². The van der Waals surface area contributed by atoms with Gasteiger partial charge in [-0.2, -0.15) is 0 Å². The van der Waals surface area contributed by atoms with E-state index in [1.54, 1.807) is 6.26 Å². The van der Waals surface area contributed by atoms with Crippen molar-refractivity contribution in [2.24, 2.45) is 5.92 Å². The van der Waals surface area contributed by atoms with Crippen molar-refractivity contribution < 1.29 is 4.21 Å². The van der Waals surface area contributed by atoms with Gasteiger partial charge in [0.2, 0.25) is 0 Å². The monoisotopic (exact) mass is 273 g/mol. The lowest BCUT2D eigenvalue weighted by Crippen LogP contribution is -2.05. The van der Waals surface area contributed by atoms with Gasteiger partial charge in [-0.05, 0) is 36.1 Å². The molecule has 0 unspecified atom stereocenters. The van der Waals surface area contributed by atoms with Crippen molar-refractivity contribution in [1.29, 1.82) is 0 Å². The quantitative estimate of drug-likeness (QED) is 0.857. The molecular weight excluding hydrogens is 254 g/mol. The van der Waals surface area contributed by atoms with Crippen LogP contribution < -0.4 is 5.32 Å². The molecule has 0 aliphatic heterocycles. The normalized spacial score (nSPS) is 12.8.